The van der Waals surface area contributed by atoms with Crippen LogP contribution in [-0.2, 0) is 11.3 Å². The van der Waals surface area contributed by atoms with Crippen molar-refractivity contribution in [2.45, 2.75) is 52.1 Å². The summed E-state index contributed by atoms with van der Waals surface area (Å²) in [4.78, 5) is 11.4. The summed E-state index contributed by atoms with van der Waals surface area (Å²) >= 11 is 0. The molecule has 0 bridgehead atoms. The maximum Gasteiger partial charge on any atom is 0.191 e. The Morgan fingerprint density at radius 2 is 2.00 bits per heavy atom. The van der Waals surface area contributed by atoms with Crippen molar-refractivity contribution in [2.24, 2.45) is 16.8 Å². The van der Waals surface area contributed by atoms with Crippen molar-refractivity contribution in [3.05, 3.63) is 23.9 Å². The summed E-state index contributed by atoms with van der Waals surface area (Å²) in [6.07, 6.45) is 6.96. The zero-order valence-electron chi connectivity index (χ0n) is 17.1. The van der Waals surface area contributed by atoms with Gasteiger partial charge < -0.3 is 20.3 Å². The smallest absolute Gasteiger partial charge is 0.191 e. The van der Waals surface area contributed by atoms with Crippen LogP contribution in [0, 0.1) is 11.8 Å². The predicted octanol–water partition coefficient (Wildman–Crippen LogP) is 2.80. The lowest BCUT2D eigenvalue weighted by molar-refractivity contribution is 0.122. The van der Waals surface area contributed by atoms with E-state index in [1.54, 1.807) is 0 Å². The Hall–Kier alpha value is -1.82. The highest BCUT2D eigenvalue weighted by Crippen LogP contribution is 2.29. The van der Waals surface area contributed by atoms with Crippen molar-refractivity contribution in [1.29, 1.82) is 0 Å². The van der Waals surface area contributed by atoms with Crippen molar-refractivity contribution >= 4 is 11.8 Å². The number of aromatic nitrogens is 1. The summed E-state index contributed by atoms with van der Waals surface area (Å²) < 4.78 is 5.47. The Labute approximate surface area is 163 Å². The molecule has 2 heterocycles. The largest absolute Gasteiger partial charge is 0.378 e. The zero-order chi connectivity index (χ0) is 19.1. The molecule has 0 amide bonds. The molecule has 0 atom stereocenters. The first kappa shape index (κ1) is 19.9. The Bertz CT molecular complexity index is 604. The minimum atomic E-state index is 0.527. The molecule has 6 heteroatoms. The number of hydrogen-bond acceptors (Lipinski definition) is 4. The van der Waals surface area contributed by atoms with E-state index in [4.69, 9.17) is 4.74 Å². The fourth-order valence-corrected chi connectivity index (χ4v) is 4.13. The molecule has 1 saturated carbocycles. The monoisotopic (exact) mass is 373 g/mol. The van der Waals surface area contributed by atoms with Crippen LogP contribution >= 0.6 is 0 Å². The molecule has 6 nitrogen and oxygen atoms in total. The van der Waals surface area contributed by atoms with Crippen LogP contribution in [0.4, 0.5) is 5.82 Å². The van der Waals surface area contributed by atoms with Gasteiger partial charge >= 0.3 is 0 Å². The summed E-state index contributed by atoms with van der Waals surface area (Å²) in [5.74, 6) is 3.62. The van der Waals surface area contributed by atoms with E-state index >= 15 is 0 Å². The summed E-state index contributed by atoms with van der Waals surface area (Å²) in [6.45, 7) is 8.75. The van der Waals surface area contributed by atoms with Gasteiger partial charge in [0, 0.05) is 44.5 Å². The number of rotatable bonds is 5. The molecule has 2 fully saturated rings. The van der Waals surface area contributed by atoms with E-state index in [2.05, 4.69) is 45.4 Å². The number of aliphatic imine (C=N–C) groups is 1. The molecule has 0 unspecified atom stereocenters. The van der Waals surface area contributed by atoms with Gasteiger partial charge in [0.05, 0.1) is 13.2 Å². The minimum Gasteiger partial charge on any atom is -0.378 e. The summed E-state index contributed by atoms with van der Waals surface area (Å²) in [7, 11) is 1.85. The molecule has 1 aliphatic carbocycles. The van der Waals surface area contributed by atoms with Crippen molar-refractivity contribution < 1.29 is 4.74 Å². The van der Waals surface area contributed by atoms with Crippen LogP contribution in [0.3, 0.4) is 0 Å². The third-order valence-corrected chi connectivity index (χ3v) is 5.90. The minimum absolute atomic E-state index is 0.527. The van der Waals surface area contributed by atoms with Crippen LogP contribution in [-0.4, -0.2) is 50.3 Å². The standard InChI is InChI=1S/C21H35N5O/c1-16(2)17-6-8-19(9-7-17)25-21(22-3)24-15-18-5-4-10-23-20(18)26-11-13-27-14-12-26/h4-5,10,16-17,19H,6-9,11-15H2,1-3H3,(H2,22,24,25). The molecular formula is C21H35N5O. The van der Waals surface area contributed by atoms with E-state index < -0.39 is 0 Å². The van der Waals surface area contributed by atoms with E-state index in [0.29, 0.717) is 6.04 Å². The highest BCUT2D eigenvalue weighted by Gasteiger charge is 2.24. The van der Waals surface area contributed by atoms with Crippen LogP contribution < -0.4 is 15.5 Å². The lowest BCUT2D eigenvalue weighted by Gasteiger charge is -2.32. The molecule has 1 aromatic heterocycles. The molecule has 2 N–H and O–H groups in total. The fraction of sp³-hybridized carbons (Fsp3) is 0.714. The Balaban J connectivity index is 1.53. The first-order valence-corrected chi connectivity index (χ1v) is 10.4. The quantitative estimate of drug-likeness (QED) is 0.614. The molecule has 27 heavy (non-hydrogen) atoms. The average Bonchev–Trinajstić information content (AvgIpc) is 2.72. The maximum atomic E-state index is 5.47. The van der Waals surface area contributed by atoms with Crippen LogP contribution in [0.15, 0.2) is 23.3 Å². The number of hydrogen-bond donors (Lipinski definition) is 2. The highest BCUT2D eigenvalue weighted by atomic mass is 16.5. The van der Waals surface area contributed by atoms with Crippen LogP contribution in [0.5, 0.6) is 0 Å². The predicted molar refractivity (Wildman–Crippen MR) is 111 cm³/mol. The van der Waals surface area contributed by atoms with Crippen LogP contribution in [0.2, 0.25) is 0 Å². The van der Waals surface area contributed by atoms with Crippen molar-refractivity contribution in [2.75, 3.05) is 38.3 Å². The van der Waals surface area contributed by atoms with E-state index in [1.807, 2.05) is 19.3 Å². The van der Waals surface area contributed by atoms with E-state index in [1.165, 1.54) is 31.2 Å². The molecule has 1 saturated heterocycles. The normalized spacial score (nSPS) is 24.1. The molecular weight excluding hydrogens is 338 g/mol. The zero-order valence-corrected chi connectivity index (χ0v) is 17.1. The number of morpholine rings is 1. The number of ether oxygens (including phenoxy) is 1. The van der Waals surface area contributed by atoms with E-state index in [-0.39, 0.29) is 0 Å². The van der Waals surface area contributed by atoms with Crippen molar-refractivity contribution in [3.63, 3.8) is 0 Å². The van der Waals surface area contributed by atoms with Gasteiger partial charge in [-0.3, -0.25) is 4.99 Å². The van der Waals surface area contributed by atoms with Gasteiger partial charge in [-0.25, -0.2) is 4.98 Å². The topological polar surface area (TPSA) is 61.8 Å². The Kier molecular flexibility index (Phi) is 7.33. The Morgan fingerprint density at radius 3 is 2.67 bits per heavy atom. The second-order valence-corrected chi connectivity index (χ2v) is 8.01. The molecule has 1 aromatic rings. The SMILES string of the molecule is CN=C(NCc1cccnc1N1CCOCC1)NC1CCC(C(C)C)CC1. The van der Waals surface area contributed by atoms with Gasteiger partial charge in [0.15, 0.2) is 5.96 Å². The molecule has 0 radical (unpaired) electrons. The number of guanidine groups is 1. The first-order chi connectivity index (χ1) is 13.2. The molecule has 150 valence electrons. The van der Waals surface area contributed by atoms with Gasteiger partial charge in [-0.1, -0.05) is 19.9 Å². The van der Waals surface area contributed by atoms with E-state index in [0.717, 1.165) is 56.5 Å². The summed E-state index contributed by atoms with van der Waals surface area (Å²) in [5, 5.41) is 7.11. The molecule has 0 spiro atoms. The third kappa shape index (κ3) is 5.58. The number of nitrogens with one attached hydrogen (secondary N) is 2. The highest BCUT2D eigenvalue weighted by molar-refractivity contribution is 5.80. The van der Waals surface area contributed by atoms with Gasteiger partial charge in [0.25, 0.3) is 0 Å². The maximum absolute atomic E-state index is 5.47. The Morgan fingerprint density at radius 1 is 1.26 bits per heavy atom. The summed E-state index contributed by atoms with van der Waals surface area (Å²) in [5.41, 5.74) is 1.20. The molecule has 1 aliphatic heterocycles. The lowest BCUT2D eigenvalue weighted by Crippen LogP contribution is -2.45. The lowest BCUT2D eigenvalue weighted by atomic mass is 9.80. The van der Waals surface area contributed by atoms with Gasteiger partial charge in [0.1, 0.15) is 5.82 Å². The molecule has 2 aliphatic rings. The number of nitrogens with zero attached hydrogens (tertiary/aromatic N) is 3. The van der Waals surface area contributed by atoms with Gasteiger partial charge in [-0.05, 0) is 43.6 Å². The molecule has 3 rings (SSSR count). The van der Waals surface area contributed by atoms with Crippen LogP contribution in [0.25, 0.3) is 0 Å². The van der Waals surface area contributed by atoms with Gasteiger partial charge in [-0.2, -0.15) is 0 Å². The van der Waals surface area contributed by atoms with Crippen LogP contribution in [0.1, 0.15) is 45.1 Å². The van der Waals surface area contributed by atoms with Gasteiger partial charge in [0.2, 0.25) is 0 Å². The third-order valence-electron chi connectivity index (χ3n) is 5.90. The van der Waals surface area contributed by atoms with Crippen molar-refractivity contribution in [1.82, 2.24) is 15.6 Å². The summed E-state index contributed by atoms with van der Waals surface area (Å²) in [6, 6.07) is 4.68. The first-order valence-electron chi connectivity index (χ1n) is 10.4. The van der Waals surface area contributed by atoms with Gasteiger partial charge in [-0.15, -0.1) is 0 Å². The molecule has 0 aromatic carbocycles. The van der Waals surface area contributed by atoms with E-state index in [9.17, 15) is 0 Å². The fourth-order valence-electron chi connectivity index (χ4n) is 4.13. The number of pyridine rings is 1. The van der Waals surface area contributed by atoms with Crippen molar-refractivity contribution in [3.8, 4) is 0 Å². The second kappa shape index (κ2) is 9.93. The second-order valence-electron chi connectivity index (χ2n) is 8.01. The average molecular weight is 374 g/mol. The number of anilines is 1.